The van der Waals surface area contributed by atoms with Gasteiger partial charge in [-0.2, -0.15) is 0 Å². The number of urea groups is 1. The molecule has 20 heavy (non-hydrogen) atoms. The quantitative estimate of drug-likeness (QED) is 0.916. The molecule has 1 aromatic rings. The Kier molecular flexibility index (Phi) is 4.61. The zero-order valence-electron chi connectivity index (χ0n) is 12.2. The molecule has 1 heterocycles. The van der Waals surface area contributed by atoms with E-state index in [9.17, 15) is 4.79 Å². The van der Waals surface area contributed by atoms with Crippen LogP contribution in [0, 0.1) is 0 Å². The molecular formula is C15H21N3O2. The summed E-state index contributed by atoms with van der Waals surface area (Å²) >= 11 is 0. The Morgan fingerprint density at radius 1 is 1.45 bits per heavy atom. The number of carbonyl (C=O) groups excluding carboxylic acids is 1. The third kappa shape index (κ3) is 3.73. The van der Waals surface area contributed by atoms with E-state index in [1.54, 1.807) is 11.9 Å². The van der Waals surface area contributed by atoms with Crippen molar-refractivity contribution in [2.45, 2.75) is 32.4 Å². The molecule has 0 radical (unpaired) electrons. The highest BCUT2D eigenvalue weighted by molar-refractivity contribution is 6.01. The predicted octanol–water partition coefficient (Wildman–Crippen LogP) is 2.23. The highest BCUT2D eigenvalue weighted by atomic mass is 16.6. The summed E-state index contributed by atoms with van der Waals surface area (Å²) in [5, 5.41) is 6.97. The Morgan fingerprint density at radius 2 is 2.15 bits per heavy atom. The van der Waals surface area contributed by atoms with Crippen LogP contribution in [0.1, 0.15) is 25.8 Å². The second-order valence-electron chi connectivity index (χ2n) is 5.32. The van der Waals surface area contributed by atoms with E-state index in [-0.39, 0.29) is 18.2 Å². The van der Waals surface area contributed by atoms with Crippen LogP contribution in [0.5, 0.6) is 0 Å². The van der Waals surface area contributed by atoms with Gasteiger partial charge in [0.05, 0.1) is 12.3 Å². The minimum absolute atomic E-state index is 0.0758. The van der Waals surface area contributed by atoms with Gasteiger partial charge in [0.25, 0.3) is 0 Å². The van der Waals surface area contributed by atoms with Crippen LogP contribution in [-0.2, 0) is 4.84 Å². The molecule has 0 saturated heterocycles. The van der Waals surface area contributed by atoms with Crippen LogP contribution in [-0.4, -0.2) is 42.4 Å². The molecule has 0 saturated carbocycles. The normalized spacial score (nSPS) is 17.6. The number of hydrogen-bond acceptors (Lipinski definition) is 3. The van der Waals surface area contributed by atoms with Crippen LogP contribution in [0.15, 0.2) is 35.5 Å². The highest BCUT2D eigenvalue weighted by Gasteiger charge is 2.25. The van der Waals surface area contributed by atoms with Gasteiger partial charge in [0.2, 0.25) is 0 Å². The number of oxime groups is 1. The maximum Gasteiger partial charge on any atom is 0.317 e. The van der Waals surface area contributed by atoms with Crippen molar-refractivity contribution in [3.8, 4) is 0 Å². The van der Waals surface area contributed by atoms with Gasteiger partial charge >= 0.3 is 6.03 Å². The molecule has 0 aliphatic carbocycles. The summed E-state index contributed by atoms with van der Waals surface area (Å²) in [5.74, 6) is 0. The number of carbonyl (C=O) groups is 1. The maximum atomic E-state index is 11.8. The van der Waals surface area contributed by atoms with Crippen LogP contribution in [0.2, 0.25) is 0 Å². The Hall–Kier alpha value is -2.04. The van der Waals surface area contributed by atoms with Crippen molar-refractivity contribution in [3.63, 3.8) is 0 Å². The molecule has 2 rings (SSSR count). The Labute approximate surface area is 119 Å². The smallest absolute Gasteiger partial charge is 0.317 e. The average molecular weight is 275 g/mol. The molecule has 0 fully saturated rings. The fraction of sp³-hybridized carbons (Fsp3) is 0.467. The molecule has 1 aliphatic heterocycles. The molecule has 0 aromatic heterocycles. The maximum absolute atomic E-state index is 11.8. The van der Waals surface area contributed by atoms with Crippen LogP contribution < -0.4 is 5.32 Å². The average Bonchev–Trinajstić information content (AvgIpc) is 2.87. The van der Waals surface area contributed by atoms with Crippen molar-refractivity contribution in [1.29, 1.82) is 0 Å². The largest absolute Gasteiger partial charge is 0.390 e. The first kappa shape index (κ1) is 14.4. The van der Waals surface area contributed by atoms with Crippen molar-refractivity contribution < 1.29 is 9.63 Å². The topological polar surface area (TPSA) is 53.9 Å². The molecular weight excluding hydrogens is 254 g/mol. The second-order valence-corrected chi connectivity index (χ2v) is 5.32. The summed E-state index contributed by atoms with van der Waals surface area (Å²) in [6, 6.07) is 10.0. The third-order valence-electron chi connectivity index (χ3n) is 3.08. The number of nitrogens with zero attached hydrogens (tertiary/aromatic N) is 2. The molecule has 5 heteroatoms. The van der Waals surface area contributed by atoms with Crippen molar-refractivity contribution in [3.05, 3.63) is 35.9 Å². The fourth-order valence-electron chi connectivity index (χ4n) is 2.07. The first-order valence-corrected chi connectivity index (χ1v) is 6.86. The van der Waals surface area contributed by atoms with Gasteiger partial charge in [0.1, 0.15) is 0 Å². The zero-order chi connectivity index (χ0) is 14.5. The minimum Gasteiger partial charge on any atom is -0.390 e. The standard InChI is InChI=1S/C15H21N3O2/c1-11(2)16-15(19)18(3)10-13-9-14(17-20-13)12-7-5-4-6-8-12/h4-8,11,13H,9-10H2,1-3H3,(H,16,19)/t13-/m1/s1. The van der Waals surface area contributed by atoms with Gasteiger partial charge in [-0.3, -0.25) is 0 Å². The molecule has 1 aliphatic rings. The van der Waals surface area contributed by atoms with E-state index >= 15 is 0 Å². The predicted molar refractivity (Wildman–Crippen MR) is 78.8 cm³/mol. The number of benzene rings is 1. The van der Waals surface area contributed by atoms with E-state index < -0.39 is 0 Å². The lowest BCUT2D eigenvalue weighted by Crippen LogP contribution is -2.43. The fourth-order valence-corrected chi connectivity index (χ4v) is 2.07. The van der Waals surface area contributed by atoms with E-state index in [4.69, 9.17) is 4.84 Å². The summed E-state index contributed by atoms with van der Waals surface area (Å²) in [6.45, 7) is 4.40. The summed E-state index contributed by atoms with van der Waals surface area (Å²) in [7, 11) is 1.77. The van der Waals surface area contributed by atoms with E-state index in [1.165, 1.54) is 0 Å². The van der Waals surface area contributed by atoms with Crippen molar-refractivity contribution >= 4 is 11.7 Å². The lowest BCUT2D eigenvalue weighted by atomic mass is 10.1. The lowest BCUT2D eigenvalue weighted by Gasteiger charge is -2.21. The Morgan fingerprint density at radius 3 is 2.80 bits per heavy atom. The van der Waals surface area contributed by atoms with Crippen molar-refractivity contribution in [1.82, 2.24) is 10.2 Å². The molecule has 5 nitrogen and oxygen atoms in total. The van der Waals surface area contributed by atoms with Crippen LogP contribution in [0.25, 0.3) is 0 Å². The van der Waals surface area contributed by atoms with E-state index in [0.29, 0.717) is 6.54 Å². The Balaban J connectivity index is 1.85. The molecule has 0 unspecified atom stereocenters. The minimum atomic E-state index is -0.0863. The first-order valence-electron chi connectivity index (χ1n) is 6.86. The highest BCUT2D eigenvalue weighted by Crippen LogP contribution is 2.17. The summed E-state index contributed by atoms with van der Waals surface area (Å²) < 4.78 is 0. The molecule has 1 aromatic carbocycles. The SMILES string of the molecule is CC(C)NC(=O)N(C)C[C@H]1CC(c2ccccc2)=NO1. The van der Waals surface area contributed by atoms with E-state index in [1.807, 2.05) is 44.2 Å². The van der Waals surface area contributed by atoms with Crippen LogP contribution in [0.3, 0.4) is 0 Å². The van der Waals surface area contributed by atoms with E-state index in [2.05, 4.69) is 10.5 Å². The molecule has 108 valence electrons. The monoisotopic (exact) mass is 275 g/mol. The van der Waals surface area contributed by atoms with Crippen molar-refractivity contribution in [2.75, 3.05) is 13.6 Å². The van der Waals surface area contributed by atoms with Gasteiger partial charge in [-0.05, 0) is 19.4 Å². The van der Waals surface area contributed by atoms with Crippen LogP contribution >= 0.6 is 0 Å². The number of likely N-dealkylation sites (N-methyl/N-ethyl adjacent to an activating group) is 1. The Bertz CT molecular complexity index is 485. The molecule has 1 atom stereocenters. The molecule has 2 amide bonds. The van der Waals surface area contributed by atoms with E-state index in [0.717, 1.165) is 17.7 Å². The first-order chi connectivity index (χ1) is 9.56. The van der Waals surface area contributed by atoms with Gasteiger partial charge in [-0.1, -0.05) is 35.5 Å². The molecule has 1 N–H and O–H groups in total. The number of hydrogen-bond donors (Lipinski definition) is 1. The summed E-state index contributed by atoms with van der Waals surface area (Å²) in [5.41, 5.74) is 2.01. The second kappa shape index (κ2) is 6.41. The summed E-state index contributed by atoms with van der Waals surface area (Å²) in [6.07, 6.45) is 0.650. The van der Waals surface area contributed by atoms with Gasteiger partial charge < -0.3 is 15.1 Å². The van der Waals surface area contributed by atoms with Gasteiger partial charge in [0, 0.05) is 19.5 Å². The van der Waals surface area contributed by atoms with Crippen LogP contribution in [0.4, 0.5) is 4.79 Å². The van der Waals surface area contributed by atoms with Gasteiger partial charge in [-0.15, -0.1) is 0 Å². The van der Waals surface area contributed by atoms with Crippen molar-refractivity contribution in [2.24, 2.45) is 5.16 Å². The number of nitrogens with one attached hydrogen (secondary N) is 1. The van der Waals surface area contributed by atoms with Gasteiger partial charge in [-0.25, -0.2) is 4.79 Å². The summed E-state index contributed by atoms with van der Waals surface area (Å²) in [4.78, 5) is 18.9. The third-order valence-corrected chi connectivity index (χ3v) is 3.08. The van der Waals surface area contributed by atoms with Gasteiger partial charge in [0.15, 0.2) is 6.10 Å². The molecule has 0 bridgehead atoms. The number of rotatable bonds is 4. The zero-order valence-corrected chi connectivity index (χ0v) is 12.2. The molecule has 0 spiro atoms. The number of amides is 2. The lowest BCUT2D eigenvalue weighted by molar-refractivity contribution is 0.0655.